The van der Waals surface area contributed by atoms with Gasteiger partial charge >= 0.3 is 0 Å². The highest BCUT2D eigenvalue weighted by Gasteiger charge is 2.02. The van der Waals surface area contributed by atoms with Gasteiger partial charge in [-0.1, -0.05) is 18.2 Å². The molecule has 0 aliphatic heterocycles. The normalized spacial score (nSPS) is 9.50. The van der Waals surface area contributed by atoms with Crippen LogP contribution >= 0.6 is 0 Å². The summed E-state index contributed by atoms with van der Waals surface area (Å²) in [7, 11) is 0. The van der Waals surface area contributed by atoms with E-state index in [9.17, 15) is 4.79 Å². The average Bonchev–Trinajstić information content (AvgIpc) is 2.38. The molecule has 4 heteroatoms. The summed E-state index contributed by atoms with van der Waals surface area (Å²) in [6.07, 6.45) is 1.64. The van der Waals surface area contributed by atoms with Crippen LogP contribution in [0.1, 0.15) is 10.4 Å². The van der Waals surface area contributed by atoms with Gasteiger partial charge in [-0.2, -0.15) is 0 Å². The molecule has 0 fully saturated rings. The Labute approximate surface area is 93.3 Å². The van der Waals surface area contributed by atoms with E-state index in [1.807, 2.05) is 6.07 Å². The SMILES string of the molecule is O=C(NNc1ccccn1)c1cc[c]cc1. The van der Waals surface area contributed by atoms with Crippen molar-refractivity contribution in [3.8, 4) is 0 Å². The molecule has 1 heterocycles. The second-order valence-electron chi connectivity index (χ2n) is 3.08. The van der Waals surface area contributed by atoms with Crippen LogP contribution in [0.2, 0.25) is 0 Å². The Bertz CT molecular complexity index is 456. The van der Waals surface area contributed by atoms with Crippen LogP contribution in [-0.4, -0.2) is 10.9 Å². The van der Waals surface area contributed by atoms with Crippen molar-refractivity contribution < 1.29 is 4.79 Å². The summed E-state index contributed by atoms with van der Waals surface area (Å²) in [5, 5.41) is 0. The number of nitrogens with one attached hydrogen (secondary N) is 2. The Morgan fingerprint density at radius 3 is 2.69 bits per heavy atom. The van der Waals surface area contributed by atoms with Crippen LogP contribution in [0.5, 0.6) is 0 Å². The molecule has 0 saturated heterocycles. The second kappa shape index (κ2) is 4.93. The lowest BCUT2D eigenvalue weighted by molar-refractivity contribution is 0.0962. The molecule has 4 nitrogen and oxygen atoms in total. The van der Waals surface area contributed by atoms with Crippen molar-refractivity contribution in [1.29, 1.82) is 0 Å². The first-order chi connectivity index (χ1) is 7.86. The van der Waals surface area contributed by atoms with Gasteiger partial charge in [-0.3, -0.25) is 15.6 Å². The molecule has 1 amide bonds. The van der Waals surface area contributed by atoms with Gasteiger partial charge in [0, 0.05) is 11.8 Å². The first kappa shape index (κ1) is 10.2. The van der Waals surface area contributed by atoms with Gasteiger partial charge in [0.25, 0.3) is 5.91 Å². The van der Waals surface area contributed by atoms with E-state index in [4.69, 9.17) is 0 Å². The summed E-state index contributed by atoms with van der Waals surface area (Å²) in [6, 6.07) is 15.0. The summed E-state index contributed by atoms with van der Waals surface area (Å²) in [5.74, 6) is 0.387. The number of benzene rings is 1. The first-order valence-electron chi connectivity index (χ1n) is 4.80. The smallest absolute Gasteiger partial charge is 0.269 e. The lowest BCUT2D eigenvalue weighted by atomic mass is 10.2. The van der Waals surface area contributed by atoms with Gasteiger partial charge < -0.3 is 0 Å². The molecule has 0 spiro atoms. The molecule has 1 aromatic heterocycles. The van der Waals surface area contributed by atoms with Crippen molar-refractivity contribution in [2.45, 2.75) is 0 Å². The number of pyridine rings is 1. The number of hydrazine groups is 1. The zero-order chi connectivity index (χ0) is 11.2. The quantitative estimate of drug-likeness (QED) is 0.760. The molecule has 16 heavy (non-hydrogen) atoms. The summed E-state index contributed by atoms with van der Waals surface area (Å²) in [6.45, 7) is 0. The van der Waals surface area contributed by atoms with E-state index in [0.29, 0.717) is 11.4 Å². The summed E-state index contributed by atoms with van der Waals surface area (Å²) < 4.78 is 0. The number of hydrogen-bond acceptors (Lipinski definition) is 3. The third kappa shape index (κ3) is 2.57. The first-order valence-corrected chi connectivity index (χ1v) is 4.80. The van der Waals surface area contributed by atoms with Crippen LogP contribution in [0, 0.1) is 6.07 Å². The van der Waals surface area contributed by atoms with Gasteiger partial charge in [0.1, 0.15) is 5.82 Å². The third-order valence-electron chi connectivity index (χ3n) is 1.95. The van der Waals surface area contributed by atoms with Crippen molar-refractivity contribution in [2.75, 3.05) is 5.43 Å². The van der Waals surface area contributed by atoms with Gasteiger partial charge in [0.2, 0.25) is 0 Å². The number of carbonyl (C=O) groups excluding carboxylic acids is 1. The lowest BCUT2D eigenvalue weighted by Gasteiger charge is -2.06. The highest BCUT2D eigenvalue weighted by molar-refractivity contribution is 5.94. The number of anilines is 1. The topological polar surface area (TPSA) is 54.0 Å². The Morgan fingerprint density at radius 1 is 1.19 bits per heavy atom. The molecule has 2 N–H and O–H groups in total. The van der Waals surface area contributed by atoms with Crippen LogP contribution in [0.4, 0.5) is 5.82 Å². The summed E-state index contributed by atoms with van der Waals surface area (Å²) in [5.41, 5.74) is 5.84. The molecule has 0 atom stereocenters. The van der Waals surface area contributed by atoms with E-state index in [2.05, 4.69) is 21.9 Å². The van der Waals surface area contributed by atoms with Crippen LogP contribution in [0.25, 0.3) is 0 Å². The standard InChI is InChI=1S/C12H10N3O/c16-12(10-6-2-1-3-7-10)15-14-11-8-4-5-9-13-11/h2-9H,(H,13,14)(H,15,16). The van der Waals surface area contributed by atoms with E-state index in [1.165, 1.54) is 0 Å². The van der Waals surface area contributed by atoms with Crippen LogP contribution < -0.4 is 10.9 Å². The Hall–Kier alpha value is -2.36. The summed E-state index contributed by atoms with van der Waals surface area (Å²) >= 11 is 0. The Morgan fingerprint density at radius 2 is 2.00 bits per heavy atom. The predicted molar refractivity (Wildman–Crippen MR) is 60.6 cm³/mol. The number of amides is 1. The van der Waals surface area contributed by atoms with Gasteiger partial charge in [0.15, 0.2) is 0 Å². The monoisotopic (exact) mass is 212 g/mol. The number of rotatable bonds is 3. The molecule has 0 aliphatic carbocycles. The molecule has 1 radical (unpaired) electrons. The van der Waals surface area contributed by atoms with Gasteiger partial charge in [-0.25, -0.2) is 4.98 Å². The van der Waals surface area contributed by atoms with E-state index in [0.717, 1.165) is 0 Å². The summed E-state index contributed by atoms with van der Waals surface area (Å²) in [4.78, 5) is 15.6. The van der Waals surface area contributed by atoms with Crippen molar-refractivity contribution in [3.63, 3.8) is 0 Å². The maximum Gasteiger partial charge on any atom is 0.269 e. The largest absolute Gasteiger partial charge is 0.282 e. The molecular formula is C12H10N3O. The highest BCUT2D eigenvalue weighted by atomic mass is 16.2. The van der Waals surface area contributed by atoms with E-state index < -0.39 is 0 Å². The molecule has 2 aromatic rings. The van der Waals surface area contributed by atoms with Crippen molar-refractivity contribution in [3.05, 3.63) is 60.3 Å². The molecule has 0 unspecified atom stereocenters. The second-order valence-corrected chi connectivity index (χ2v) is 3.08. The molecule has 2 rings (SSSR count). The van der Waals surface area contributed by atoms with E-state index in [1.54, 1.807) is 42.6 Å². The minimum absolute atomic E-state index is 0.209. The lowest BCUT2D eigenvalue weighted by Crippen LogP contribution is -2.29. The van der Waals surface area contributed by atoms with Gasteiger partial charge in [0.05, 0.1) is 0 Å². The van der Waals surface area contributed by atoms with Gasteiger partial charge in [-0.05, 0) is 30.3 Å². The van der Waals surface area contributed by atoms with Crippen molar-refractivity contribution in [2.24, 2.45) is 0 Å². The molecule has 79 valence electrons. The molecular weight excluding hydrogens is 202 g/mol. The minimum Gasteiger partial charge on any atom is -0.282 e. The molecule has 1 aromatic carbocycles. The van der Waals surface area contributed by atoms with Crippen LogP contribution in [0.3, 0.4) is 0 Å². The third-order valence-corrected chi connectivity index (χ3v) is 1.95. The maximum atomic E-state index is 11.6. The van der Waals surface area contributed by atoms with Crippen LogP contribution in [-0.2, 0) is 0 Å². The van der Waals surface area contributed by atoms with E-state index >= 15 is 0 Å². The minimum atomic E-state index is -0.209. The fourth-order valence-corrected chi connectivity index (χ4v) is 1.17. The fraction of sp³-hybridized carbons (Fsp3) is 0. The van der Waals surface area contributed by atoms with Crippen molar-refractivity contribution in [1.82, 2.24) is 10.4 Å². The zero-order valence-electron chi connectivity index (χ0n) is 8.47. The molecule has 0 aliphatic rings. The van der Waals surface area contributed by atoms with Gasteiger partial charge in [-0.15, -0.1) is 0 Å². The average molecular weight is 212 g/mol. The molecule has 0 bridgehead atoms. The number of aromatic nitrogens is 1. The molecule has 0 saturated carbocycles. The predicted octanol–water partition coefficient (Wildman–Crippen LogP) is 1.64. The Balaban J connectivity index is 1.95. The zero-order valence-corrected chi connectivity index (χ0v) is 8.47. The number of hydrogen-bond donors (Lipinski definition) is 2. The van der Waals surface area contributed by atoms with Crippen molar-refractivity contribution >= 4 is 11.7 Å². The number of carbonyl (C=O) groups is 1. The Kier molecular flexibility index (Phi) is 3.13. The van der Waals surface area contributed by atoms with Crippen LogP contribution in [0.15, 0.2) is 48.7 Å². The maximum absolute atomic E-state index is 11.6. The number of nitrogens with zero attached hydrogens (tertiary/aromatic N) is 1. The van der Waals surface area contributed by atoms with E-state index in [-0.39, 0.29) is 5.91 Å². The highest BCUT2D eigenvalue weighted by Crippen LogP contribution is 2.00. The fourth-order valence-electron chi connectivity index (χ4n) is 1.17.